The molecule has 0 aliphatic carbocycles. The van der Waals surface area contributed by atoms with E-state index in [9.17, 15) is 0 Å². The lowest BCUT2D eigenvalue weighted by molar-refractivity contribution is 0.122. The van der Waals surface area contributed by atoms with E-state index < -0.39 is 0 Å². The molecule has 0 bridgehead atoms. The van der Waals surface area contributed by atoms with Gasteiger partial charge in [0, 0.05) is 55.7 Å². The van der Waals surface area contributed by atoms with Crippen LogP contribution in [0.4, 0.5) is 21.7 Å². The number of hydrogen-bond acceptors (Lipinski definition) is 7. The number of ether oxygens (including phenoxy) is 1. The van der Waals surface area contributed by atoms with E-state index in [0.29, 0.717) is 42.0 Å². The van der Waals surface area contributed by atoms with Crippen LogP contribution in [0.15, 0.2) is 24.5 Å². The summed E-state index contributed by atoms with van der Waals surface area (Å²) in [5.41, 5.74) is 8.78. The molecule has 0 amide bonds. The van der Waals surface area contributed by atoms with Gasteiger partial charge in [0.1, 0.15) is 5.82 Å². The lowest BCUT2D eigenvalue weighted by Crippen LogP contribution is -2.37. The predicted molar refractivity (Wildman–Crippen MR) is 118 cm³/mol. The first-order valence-electron chi connectivity index (χ1n) is 10.8. The van der Waals surface area contributed by atoms with Gasteiger partial charge in [-0.2, -0.15) is 0 Å². The third-order valence-corrected chi connectivity index (χ3v) is 6.19. The number of nitrogens with two attached hydrogens (primary N) is 1. The number of hydrogen-bond donors (Lipinski definition) is 1. The molecule has 1 atom stereocenters. The van der Waals surface area contributed by atoms with Gasteiger partial charge in [-0.05, 0) is 31.6 Å². The number of anilines is 3. The van der Waals surface area contributed by atoms with Crippen LogP contribution in [-0.4, -0.2) is 73.4 Å². The first-order chi connectivity index (χ1) is 14.6. The van der Waals surface area contributed by atoms with Gasteiger partial charge < -0.3 is 20.3 Å². The van der Waals surface area contributed by atoms with Crippen molar-refractivity contribution in [2.45, 2.75) is 26.3 Å². The number of nitrogens with zero attached hydrogens (tertiary/aromatic N) is 5. The Bertz CT molecular complexity index is 851. The van der Waals surface area contributed by atoms with Gasteiger partial charge in [-0.1, -0.05) is 13.8 Å². The molecule has 162 valence electrons. The summed E-state index contributed by atoms with van der Waals surface area (Å²) < 4.78 is 20.4. The van der Waals surface area contributed by atoms with Gasteiger partial charge in [0.25, 0.3) is 0 Å². The zero-order valence-electron chi connectivity index (χ0n) is 17.9. The van der Waals surface area contributed by atoms with E-state index in [4.69, 9.17) is 10.5 Å². The van der Waals surface area contributed by atoms with Crippen molar-refractivity contribution < 1.29 is 9.13 Å². The molecular weight excluding hydrogens is 383 g/mol. The number of halogens is 1. The van der Waals surface area contributed by atoms with Gasteiger partial charge in [-0.25, -0.2) is 14.4 Å². The van der Waals surface area contributed by atoms with Gasteiger partial charge in [-0.3, -0.25) is 4.90 Å². The average molecular weight is 415 g/mol. The highest BCUT2D eigenvalue weighted by Crippen LogP contribution is 2.34. The monoisotopic (exact) mass is 414 g/mol. The zero-order valence-corrected chi connectivity index (χ0v) is 17.9. The molecular formula is C22H31FN6O. The second kappa shape index (κ2) is 9.14. The van der Waals surface area contributed by atoms with E-state index in [1.54, 1.807) is 24.5 Å². The first-order valence-corrected chi connectivity index (χ1v) is 10.8. The van der Waals surface area contributed by atoms with Gasteiger partial charge in [0.2, 0.25) is 5.95 Å². The Morgan fingerprint density at radius 2 is 1.80 bits per heavy atom. The molecule has 3 heterocycles. The Morgan fingerprint density at radius 3 is 2.47 bits per heavy atom. The fourth-order valence-corrected chi connectivity index (χ4v) is 4.46. The Hall–Kier alpha value is -2.45. The molecule has 30 heavy (non-hydrogen) atoms. The molecule has 2 aliphatic rings. The summed E-state index contributed by atoms with van der Waals surface area (Å²) in [4.78, 5) is 15.6. The normalized spacial score (nSPS) is 19.7. The van der Waals surface area contributed by atoms with Crippen molar-refractivity contribution >= 4 is 17.3 Å². The molecule has 1 aromatic heterocycles. The van der Waals surface area contributed by atoms with Crippen molar-refractivity contribution in [3.8, 4) is 11.1 Å². The van der Waals surface area contributed by atoms with Crippen molar-refractivity contribution in [3.63, 3.8) is 0 Å². The second-order valence-corrected chi connectivity index (χ2v) is 7.87. The van der Waals surface area contributed by atoms with Crippen molar-refractivity contribution in [2.75, 3.05) is 68.0 Å². The highest BCUT2D eigenvalue weighted by atomic mass is 19.1. The minimum atomic E-state index is -0.298. The number of rotatable bonds is 6. The lowest BCUT2D eigenvalue weighted by atomic mass is 10.1. The van der Waals surface area contributed by atoms with Crippen LogP contribution < -0.4 is 15.5 Å². The second-order valence-electron chi connectivity index (χ2n) is 7.87. The fourth-order valence-electron chi connectivity index (χ4n) is 4.46. The molecule has 1 unspecified atom stereocenters. The maximum Gasteiger partial charge on any atom is 0.225 e. The summed E-state index contributed by atoms with van der Waals surface area (Å²) in [6, 6.07) is 3.76. The Morgan fingerprint density at radius 1 is 1.10 bits per heavy atom. The summed E-state index contributed by atoms with van der Waals surface area (Å²) in [6.45, 7) is 11.1. The highest BCUT2D eigenvalue weighted by Gasteiger charge is 2.28. The largest absolute Gasteiger partial charge is 0.397 e. The number of morpholine rings is 1. The van der Waals surface area contributed by atoms with Crippen molar-refractivity contribution in [3.05, 3.63) is 30.3 Å². The third-order valence-electron chi connectivity index (χ3n) is 6.19. The van der Waals surface area contributed by atoms with E-state index in [2.05, 4.69) is 38.5 Å². The topological polar surface area (TPSA) is 70.8 Å². The molecule has 8 heteroatoms. The molecule has 2 aromatic rings. The van der Waals surface area contributed by atoms with E-state index in [1.165, 1.54) is 0 Å². The first kappa shape index (κ1) is 20.8. The molecule has 2 aliphatic heterocycles. The fraction of sp³-hybridized carbons (Fsp3) is 0.545. The summed E-state index contributed by atoms with van der Waals surface area (Å²) in [6.07, 6.45) is 4.41. The number of nitrogen functional groups attached to an aromatic ring is 1. The number of likely N-dealkylation sites (N-methyl/N-ethyl adjacent to an activating group) is 1. The standard InChI is InChI=1S/C22H31FN6O/c1-3-27(4-2)17-5-6-29(15-17)21-12-19(23)18(11-20(21)24)16-13-25-22(26-14-16)28-7-9-30-10-8-28/h11-14,17H,3-10,15,24H2,1-2H3. The summed E-state index contributed by atoms with van der Waals surface area (Å²) in [7, 11) is 0. The van der Waals surface area contributed by atoms with E-state index >= 15 is 4.39 Å². The molecule has 7 nitrogen and oxygen atoms in total. The van der Waals surface area contributed by atoms with Crippen molar-refractivity contribution in [1.29, 1.82) is 0 Å². The molecule has 1 aromatic carbocycles. The van der Waals surface area contributed by atoms with Crippen LogP contribution in [0.2, 0.25) is 0 Å². The van der Waals surface area contributed by atoms with Gasteiger partial charge in [0.15, 0.2) is 0 Å². The van der Waals surface area contributed by atoms with Gasteiger partial charge >= 0.3 is 0 Å². The molecule has 0 saturated carbocycles. The SMILES string of the molecule is CCN(CC)C1CCN(c2cc(F)c(-c3cnc(N4CCOCC4)nc3)cc2N)C1. The van der Waals surface area contributed by atoms with Crippen molar-refractivity contribution in [1.82, 2.24) is 14.9 Å². The third kappa shape index (κ3) is 4.20. The maximum absolute atomic E-state index is 15.0. The summed E-state index contributed by atoms with van der Waals surface area (Å²) in [5.74, 6) is 0.347. The van der Waals surface area contributed by atoms with Crippen molar-refractivity contribution in [2.24, 2.45) is 0 Å². The van der Waals surface area contributed by atoms with Crippen LogP contribution >= 0.6 is 0 Å². The lowest BCUT2D eigenvalue weighted by Gasteiger charge is -2.27. The van der Waals surface area contributed by atoms with Crippen LogP contribution in [0, 0.1) is 5.82 Å². The summed E-state index contributed by atoms with van der Waals surface area (Å²) >= 11 is 0. The van der Waals surface area contributed by atoms with E-state index in [0.717, 1.165) is 51.4 Å². The van der Waals surface area contributed by atoms with Gasteiger partial charge in [0.05, 0.1) is 24.6 Å². The molecule has 0 radical (unpaired) electrons. The molecule has 4 rings (SSSR count). The van der Waals surface area contributed by atoms with E-state index in [1.807, 2.05) is 0 Å². The Balaban J connectivity index is 1.52. The zero-order chi connectivity index (χ0) is 21.1. The molecule has 2 fully saturated rings. The highest BCUT2D eigenvalue weighted by molar-refractivity contribution is 5.77. The Labute approximate surface area is 177 Å². The van der Waals surface area contributed by atoms with Crippen LogP contribution in [-0.2, 0) is 4.74 Å². The summed E-state index contributed by atoms with van der Waals surface area (Å²) in [5, 5.41) is 0. The Kier molecular flexibility index (Phi) is 6.34. The average Bonchev–Trinajstić information content (AvgIpc) is 3.26. The van der Waals surface area contributed by atoms with Crippen LogP contribution in [0.5, 0.6) is 0 Å². The number of aromatic nitrogens is 2. The molecule has 2 saturated heterocycles. The van der Waals surface area contributed by atoms with E-state index in [-0.39, 0.29) is 5.82 Å². The molecule has 0 spiro atoms. The quantitative estimate of drug-likeness (QED) is 0.729. The smallest absolute Gasteiger partial charge is 0.225 e. The van der Waals surface area contributed by atoms with Gasteiger partial charge in [-0.15, -0.1) is 0 Å². The minimum Gasteiger partial charge on any atom is -0.397 e. The minimum absolute atomic E-state index is 0.298. The molecule has 2 N–H and O–H groups in total. The maximum atomic E-state index is 15.0. The van der Waals surface area contributed by atoms with Crippen LogP contribution in [0.25, 0.3) is 11.1 Å². The number of benzene rings is 1. The van der Waals surface area contributed by atoms with Crippen LogP contribution in [0.3, 0.4) is 0 Å². The van der Waals surface area contributed by atoms with Crippen LogP contribution in [0.1, 0.15) is 20.3 Å². The predicted octanol–water partition coefficient (Wildman–Crippen LogP) is 2.62.